The second-order valence-electron chi connectivity index (χ2n) is 24.4. The zero-order chi connectivity index (χ0) is 76.7. The Balaban J connectivity index is 0.000000366. The molecule has 0 saturated carbocycles. The number of phenolic OH excluding ortho intramolecular Hbond substituents is 7. The number of aryl methyl sites for hydroxylation is 8. The minimum atomic E-state index is -0.472. The first kappa shape index (κ1) is 89.8. The van der Waals surface area contributed by atoms with Crippen LogP contribution in [-0.4, -0.2) is 93.0 Å². The van der Waals surface area contributed by atoms with Gasteiger partial charge in [-0.1, -0.05) is 71.4 Å². The van der Waals surface area contributed by atoms with Crippen molar-refractivity contribution in [3.8, 4) is 57.5 Å². The topological polar surface area (TPSA) is 305 Å². The van der Waals surface area contributed by atoms with Crippen LogP contribution in [0.4, 0.5) is 34.1 Å². The summed E-state index contributed by atoms with van der Waals surface area (Å²) < 4.78 is 16.8. The molecule has 0 heterocycles. The third-order valence-electron chi connectivity index (χ3n) is 15.9. The first-order valence-electron chi connectivity index (χ1n) is 34.0. The molecule has 0 unspecified atom stereocenters. The van der Waals surface area contributed by atoms with Gasteiger partial charge in [0.25, 0.3) is 0 Å². The van der Waals surface area contributed by atoms with Gasteiger partial charge in [-0.25, -0.2) is 0 Å². The van der Waals surface area contributed by atoms with E-state index in [4.69, 9.17) is 54.7 Å². The predicted octanol–water partition coefficient (Wildman–Crippen LogP) is 20.7. The summed E-state index contributed by atoms with van der Waals surface area (Å²) in [5.41, 5.74) is 26.9. The molecule has 105 heavy (non-hydrogen) atoms. The van der Waals surface area contributed by atoms with E-state index >= 15 is 0 Å². The maximum Gasteiger partial charge on any atom is 0 e. The average molecular weight is 1830 g/mol. The van der Waals surface area contributed by atoms with Crippen molar-refractivity contribution < 1.29 is 97.1 Å². The van der Waals surface area contributed by atoms with Crippen LogP contribution in [0.1, 0.15) is 166 Å². The Morgan fingerprint density at radius 3 is 0.857 bits per heavy atom. The molecule has 22 heteroatoms. The van der Waals surface area contributed by atoms with E-state index in [0.29, 0.717) is 106 Å². The van der Waals surface area contributed by atoms with Crippen molar-refractivity contribution in [2.45, 2.75) is 134 Å². The van der Waals surface area contributed by atoms with Crippen molar-refractivity contribution in [1.29, 1.82) is 0 Å². The Bertz CT molecular complexity index is 4130. The number of phenols is 7. The van der Waals surface area contributed by atoms with Crippen molar-refractivity contribution in [3.05, 3.63) is 223 Å². The Morgan fingerprint density at radius 2 is 0.600 bits per heavy atom. The van der Waals surface area contributed by atoms with Crippen LogP contribution in [-0.2, 0) is 37.5 Å². The Morgan fingerprint density at radius 1 is 0.352 bits per heavy atom. The van der Waals surface area contributed by atoms with Gasteiger partial charge in [-0.05, 0) is 228 Å². The molecule has 0 aromatic heterocycles. The molecule has 9 aromatic carbocycles. The number of aromatic hydroxyl groups is 7. The molecule has 0 aliphatic heterocycles. The van der Waals surface area contributed by atoms with Crippen LogP contribution in [0.2, 0.25) is 0 Å². The molecular weight excluding hydrogens is 1730 g/mol. The molecular formula is C83H98Cl2N6O12Pt2. The Labute approximate surface area is 648 Å². The van der Waals surface area contributed by atoms with E-state index < -0.39 is 16.5 Å². The molecule has 11 N–H and O–H groups in total. The first-order valence-corrected chi connectivity index (χ1v) is 39.6. The van der Waals surface area contributed by atoms with Crippen molar-refractivity contribution >= 4 is 90.4 Å². The van der Waals surface area contributed by atoms with Gasteiger partial charge in [0.1, 0.15) is 57.5 Å². The Kier molecular flexibility index (Phi) is 41.5. The van der Waals surface area contributed by atoms with Gasteiger partial charge in [0.2, 0.25) is 0 Å². The predicted molar refractivity (Wildman–Crippen MR) is 423 cm³/mol. The number of aldehydes is 2. The normalized spacial score (nSPS) is 10.7. The average Bonchev–Trinajstić information content (AvgIpc) is 0.828. The summed E-state index contributed by atoms with van der Waals surface area (Å²) in [7, 11) is 9.75. The number of anilines is 2. The molecule has 9 aromatic rings. The first-order chi connectivity index (χ1) is 49.8. The van der Waals surface area contributed by atoms with Crippen molar-refractivity contribution in [2.75, 3.05) is 31.3 Å². The molecule has 0 bridgehead atoms. The summed E-state index contributed by atoms with van der Waals surface area (Å²) >= 11 is -0.472. The molecule has 9 rings (SSSR count). The zero-order valence-electron chi connectivity index (χ0n) is 61.3. The van der Waals surface area contributed by atoms with E-state index in [1.807, 2.05) is 128 Å². The number of halogens is 2. The fourth-order valence-corrected chi connectivity index (χ4v) is 9.34. The van der Waals surface area contributed by atoms with Gasteiger partial charge in [0, 0.05) is 92.4 Å². The van der Waals surface area contributed by atoms with Crippen molar-refractivity contribution in [2.24, 2.45) is 20.0 Å². The summed E-state index contributed by atoms with van der Waals surface area (Å²) in [5, 5.41) is 68.2. The van der Waals surface area contributed by atoms with Gasteiger partial charge >= 0.3 is 35.3 Å². The molecule has 0 atom stereocenters. The van der Waals surface area contributed by atoms with Gasteiger partial charge < -0.3 is 61.4 Å². The summed E-state index contributed by atoms with van der Waals surface area (Å²) in [5.74, 6) is 2.23. The minimum absolute atomic E-state index is 0. The number of aliphatic imine (C=N–C) groups is 4. The summed E-state index contributed by atoms with van der Waals surface area (Å²) in [6, 6.07) is 41.6. The third-order valence-corrected chi connectivity index (χ3v) is 15.9. The SMILES string of the molecule is CCCCCOc1ccc(C=Nc2cc(C)c(C)cc2N=Cc2ccc(C)cc2O)c(O)c1.CCCCCOc1ccc(C=Nc2cc(C)c(C)cc2N=Cc2ccc(C)cc2O)c(O)c1.CCCCCOc1ccc(C=O)c(O)c1.Cc1cc(N)c(N)cc1C.O=Cc1ccc(O)cc1O.[Cl][Pt][Cl].[Pt]. The number of nitrogen functional groups attached to an aromatic ring is 2. The number of unbranched alkanes of at least 4 members (excludes halogenated alkanes) is 6. The van der Waals surface area contributed by atoms with Crippen LogP contribution in [0, 0.1) is 55.4 Å². The molecule has 0 spiro atoms. The Hall–Kier alpha value is -9.44. The van der Waals surface area contributed by atoms with E-state index in [2.05, 4.69) is 40.7 Å². The van der Waals surface area contributed by atoms with E-state index in [-0.39, 0.29) is 72.4 Å². The molecule has 0 aliphatic rings. The second-order valence-corrected chi connectivity index (χ2v) is 27.7. The standard InChI is InChI=1S/2C28H32N2O3.C12H16O3.C8H12N2.C7H6O3.2ClH.2Pt/c2*1-5-6-7-12-33-24-11-10-23(28(32)16-24)18-30-26-15-21(4)20(3)14-25(26)29-17-22-9-8-19(2)13-27(22)31;1-2-3-4-7-15-11-6-5-10(9-13)12(14)8-11;1-5-3-7(9)8(10)4-6(5)2;8-4-5-1-2-6(9)3-7(5)10;;;;/h2*8-11,13-18,31-32H,5-7,12H2,1-4H3;5-6,8-9,14H,2-4,7H2,1H3;3-4H,9-10H2,1-2H3;1-4,9-10H;2*1H;;/q;;;;;;;;+2/p-2. The van der Waals surface area contributed by atoms with Crippen LogP contribution >= 0.6 is 18.8 Å². The van der Waals surface area contributed by atoms with Crippen LogP contribution in [0.15, 0.2) is 166 Å². The number of hydrogen-bond acceptors (Lipinski definition) is 18. The molecule has 0 radical (unpaired) electrons. The quantitative estimate of drug-likeness (QED) is 0.0111. The third kappa shape index (κ3) is 32.2. The minimum Gasteiger partial charge on any atom is 0 e. The van der Waals surface area contributed by atoms with Gasteiger partial charge in [-0.3, -0.25) is 29.6 Å². The molecule has 18 nitrogen and oxygen atoms in total. The number of hydrogen-bond donors (Lipinski definition) is 9. The van der Waals surface area contributed by atoms with E-state index in [9.17, 15) is 35.1 Å². The monoisotopic (exact) mass is 1830 g/mol. The second kappa shape index (κ2) is 48.6. The van der Waals surface area contributed by atoms with E-state index in [0.717, 1.165) is 97.2 Å². The fraction of sp³-hybridized carbons (Fsp3) is 0.277. The van der Waals surface area contributed by atoms with Crippen LogP contribution in [0.25, 0.3) is 0 Å². The summed E-state index contributed by atoms with van der Waals surface area (Å²) in [6.07, 6.45) is 17.5. The van der Waals surface area contributed by atoms with Gasteiger partial charge in [0.15, 0.2) is 12.6 Å². The number of rotatable bonds is 25. The number of nitrogens with two attached hydrogens (primary N) is 2. The number of ether oxygens (including phenoxy) is 3. The molecule has 566 valence electrons. The molecule has 0 amide bonds. The van der Waals surface area contributed by atoms with Crippen LogP contribution in [0.3, 0.4) is 0 Å². The largest absolute Gasteiger partial charge is 0 e. The summed E-state index contributed by atoms with van der Waals surface area (Å²) in [4.78, 5) is 38.9. The van der Waals surface area contributed by atoms with Gasteiger partial charge in [-0.2, -0.15) is 0 Å². The van der Waals surface area contributed by atoms with Gasteiger partial charge in [0.05, 0.1) is 65.1 Å². The van der Waals surface area contributed by atoms with Crippen LogP contribution < -0.4 is 25.7 Å². The van der Waals surface area contributed by atoms with E-state index in [1.54, 1.807) is 73.4 Å². The van der Waals surface area contributed by atoms with Crippen LogP contribution in [0.5, 0.6) is 57.5 Å². The fourth-order valence-electron chi connectivity index (χ4n) is 9.34. The molecule has 0 saturated heterocycles. The number of carbonyl (C=O) groups excluding carboxylic acids is 2. The zero-order valence-corrected chi connectivity index (χ0v) is 67.4. The smallest absolute Gasteiger partial charge is 0 e. The van der Waals surface area contributed by atoms with E-state index in [1.165, 1.54) is 29.3 Å². The number of benzene rings is 9. The maximum absolute atomic E-state index is 10.4. The van der Waals surface area contributed by atoms with Gasteiger partial charge in [-0.15, -0.1) is 0 Å². The summed E-state index contributed by atoms with van der Waals surface area (Å²) in [6.45, 7) is 24.3. The molecule has 0 aliphatic carbocycles. The molecule has 0 fully saturated rings. The van der Waals surface area contributed by atoms with Crippen molar-refractivity contribution in [3.63, 3.8) is 0 Å². The number of nitrogens with zero attached hydrogens (tertiary/aromatic N) is 4. The maximum atomic E-state index is 10.4. The van der Waals surface area contributed by atoms with Crippen molar-refractivity contribution in [1.82, 2.24) is 0 Å². The number of carbonyl (C=O) groups is 2.